The molecule has 2 unspecified atom stereocenters. The molecule has 1 aromatic heterocycles. The van der Waals surface area contributed by atoms with Crippen LogP contribution in [0.2, 0.25) is 0 Å². The molecule has 0 aliphatic heterocycles. The highest BCUT2D eigenvalue weighted by Gasteiger charge is 2.27. The monoisotopic (exact) mass is 332 g/mol. The first-order chi connectivity index (χ1) is 11.2. The summed E-state index contributed by atoms with van der Waals surface area (Å²) in [7, 11) is 1.70. The molecule has 0 saturated heterocycles. The summed E-state index contributed by atoms with van der Waals surface area (Å²) < 4.78 is 8.48. The van der Waals surface area contributed by atoms with Crippen LogP contribution in [-0.2, 0) is 16.1 Å². The number of fused-ring (bicyclic) bond motifs is 1. The minimum atomic E-state index is 0.0509. The van der Waals surface area contributed by atoms with E-state index in [-0.39, 0.29) is 11.8 Å². The van der Waals surface area contributed by atoms with Crippen molar-refractivity contribution in [3.63, 3.8) is 0 Å². The van der Waals surface area contributed by atoms with Gasteiger partial charge in [0.05, 0.1) is 16.8 Å². The Labute approximate surface area is 140 Å². The quantitative estimate of drug-likeness (QED) is 0.858. The van der Waals surface area contributed by atoms with E-state index in [1.807, 2.05) is 12.1 Å². The van der Waals surface area contributed by atoms with Gasteiger partial charge in [0.2, 0.25) is 0 Å². The van der Waals surface area contributed by atoms with Crippen molar-refractivity contribution in [3.05, 3.63) is 29.1 Å². The van der Waals surface area contributed by atoms with Gasteiger partial charge in [-0.3, -0.25) is 4.79 Å². The number of methoxy groups -OCH3 is 1. The Kier molecular flexibility index (Phi) is 5.28. The lowest BCUT2D eigenvalue weighted by molar-refractivity contribution is -0.124. The standard InChI is InChI=1S/C18H24N2O2S/c1-13-7-3-4-8-14(13)17(21)19-18-20(11-12-22-2)15-9-5-6-10-16(15)23-18/h5-6,9-10,13-14H,3-4,7-8,11-12H2,1-2H3/b19-18-. The van der Waals surface area contributed by atoms with Gasteiger partial charge in [-0.05, 0) is 30.9 Å². The summed E-state index contributed by atoms with van der Waals surface area (Å²) in [5.41, 5.74) is 1.12. The molecular weight excluding hydrogens is 308 g/mol. The summed E-state index contributed by atoms with van der Waals surface area (Å²) in [5.74, 6) is 0.585. The van der Waals surface area contributed by atoms with Gasteiger partial charge in [0.15, 0.2) is 4.80 Å². The van der Waals surface area contributed by atoms with Gasteiger partial charge in [-0.15, -0.1) is 0 Å². The number of carbonyl (C=O) groups is 1. The van der Waals surface area contributed by atoms with Gasteiger partial charge < -0.3 is 9.30 Å². The smallest absolute Gasteiger partial charge is 0.251 e. The summed E-state index contributed by atoms with van der Waals surface area (Å²) in [6.45, 7) is 3.51. The van der Waals surface area contributed by atoms with Crippen LogP contribution in [0.4, 0.5) is 0 Å². The first-order valence-corrected chi connectivity index (χ1v) is 9.18. The Hall–Kier alpha value is -1.46. The number of carbonyl (C=O) groups excluding carboxylic acids is 1. The molecule has 23 heavy (non-hydrogen) atoms. The summed E-state index contributed by atoms with van der Waals surface area (Å²) in [6, 6.07) is 8.20. The lowest BCUT2D eigenvalue weighted by Gasteiger charge is -2.25. The first kappa shape index (κ1) is 16.4. The number of hydrogen-bond acceptors (Lipinski definition) is 3. The topological polar surface area (TPSA) is 43.6 Å². The van der Waals surface area contributed by atoms with Gasteiger partial charge in [0, 0.05) is 19.6 Å². The molecule has 0 bridgehead atoms. The molecule has 2 aromatic rings. The van der Waals surface area contributed by atoms with E-state index in [9.17, 15) is 4.79 Å². The number of aromatic nitrogens is 1. The van der Waals surface area contributed by atoms with Gasteiger partial charge in [-0.2, -0.15) is 4.99 Å². The predicted molar refractivity (Wildman–Crippen MR) is 93.4 cm³/mol. The summed E-state index contributed by atoms with van der Waals surface area (Å²) in [5, 5.41) is 0. The van der Waals surface area contributed by atoms with E-state index in [1.165, 1.54) is 6.42 Å². The molecule has 1 aliphatic carbocycles. The Morgan fingerprint density at radius 1 is 1.35 bits per heavy atom. The highest BCUT2D eigenvalue weighted by atomic mass is 32.1. The number of rotatable bonds is 4. The average molecular weight is 332 g/mol. The van der Waals surface area contributed by atoms with Crippen LogP contribution in [0.1, 0.15) is 32.6 Å². The van der Waals surface area contributed by atoms with Crippen molar-refractivity contribution in [2.75, 3.05) is 13.7 Å². The molecule has 5 heteroatoms. The van der Waals surface area contributed by atoms with Crippen LogP contribution in [0.15, 0.2) is 29.3 Å². The Morgan fingerprint density at radius 2 is 2.13 bits per heavy atom. The number of ether oxygens (including phenoxy) is 1. The van der Waals surface area contributed by atoms with E-state index in [0.29, 0.717) is 19.1 Å². The van der Waals surface area contributed by atoms with Crippen LogP contribution in [0.5, 0.6) is 0 Å². The number of benzene rings is 1. The van der Waals surface area contributed by atoms with E-state index in [1.54, 1.807) is 18.4 Å². The fourth-order valence-corrected chi connectivity index (χ4v) is 4.43. The molecular formula is C18H24N2O2S. The zero-order valence-electron chi connectivity index (χ0n) is 13.8. The Bertz CT molecular complexity index is 747. The molecule has 1 amide bonds. The van der Waals surface area contributed by atoms with Crippen LogP contribution < -0.4 is 4.80 Å². The second-order valence-corrected chi connectivity index (χ2v) is 7.32. The zero-order valence-corrected chi connectivity index (χ0v) is 14.6. The van der Waals surface area contributed by atoms with Crippen molar-refractivity contribution in [3.8, 4) is 0 Å². The van der Waals surface area contributed by atoms with E-state index in [2.05, 4.69) is 28.6 Å². The molecule has 0 spiro atoms. The second-order valence-electron chi connectivity index (χ2n) is 6.32. The predicted octanol–water partition coefficient (Wildman–Crippen LogP) is 3.60. The molecule has 1 fully saturated rings. The lowest BCUT2D eigenvalue weighted by Crippen LogP contribution is -2.27. The largest absolute Gasteiger partial charge is 0.383 e. The molecule has 1 heterocycles. The maximum Gasteiger partial charge on any atom is 0.251 e. The van der Waals surface area contributed by atoms with Gasteiger partial charge in [0.1, 0.15) is 0 Å². The van der Waals surface area contributed by atoms with Crippen LogP contribution >= 0.6 is 11.3 Å². The summed E-state index contributed by atoms with van der Waals surface area (Å²) in [6.07, 6.45) is 4.50. The van der Waals surface area contributed by atoms with Crippen molar-refractivity contribution in [1.29, 1.82) is 0 Å². The maximum absolute atomic E-state index is 12.7. The van der Waals surface area contributed by atoms with E-state index >= 15 is 0 Å². The number of para-hydroxylation sites is 1. The fraction of sp³-hybridized carbons (Fsp3) is 0.556. The highest BCUT2D eigenvalue weighted by molar-refractivity contribution is 7.16. The van der Waals surface area contributed by atoms with Gasteiger partial charge in [-0.25, -0.2) is 0 Å². The number of hydrogen-bond donors (Lipinski definition) is 0. The molecule has 1 saturated carbocycles. The van der Waals surface area contributed by atoms with Crippen molar-refractivity contribution in [1.82, 2.24) is 4.57 Å². The first-order valence-electron chi connectivity index (χ1n) is 8.36. The van der Waals surface area contributed by atoms with Crippen LogP contribution in [0, 0.1) is 11.8 Å². The third-order valence-electron chi connectivity index (χ3n) is 4.74. The normalized spacial score (nSPS) is 22.6. The zero-order chi connectivity index (χ0) is 16.2. The van der Waals surface area contributed by atoms with Gasteiger partial charge in [0.25, 0.3) is 5.91 Å². The van der Waals surface area contributed by atoms with Crippen molar-refractivity contribution < 1.29 is 9.53 Å². The summed E-state index contributed by atoms with van der Waals surface area (Å²) >= 11 is 1.59. The SMILES string of the molecule is COCCn1/c(=N/C(=O)C2CCCCC2C)sc2ccccc21. The molecule has 1 aliphatic rings. The van der Waals surface area contributed by atoms with E-state index in [0.717, 1.165) is 34.3 Å². The average Bonchev–Trinajstić information content (AvgIpc) is 2.90. The van der Waals surface area contributed by atoms with Crippen LogP contribution in [0.3, 0.4) is 0 Å². The molecule has 0 radical (unpaired) electrons. The van der Waals surface area contributed by atoms with E-state index < -0.39 is 0 Å². The summed E-state index contributed by atoms with van der Waals surface area (Å²) in [4.78, 5) is 18.0. The maximum atomic E-state index is 12.7. The van der Waals surface area contributed by atoms with Crippen molar-refractivity contribution >= 4 is 27.5 Å². The molecule has 2 atom stereocenters. The minimum Gasteiger partial charge on any atom is -0.383 e. The third kappa shape index (κ3) is 3.56. The highest BCUT2D eigenvalue weighted by Crippen LogP contribution is 2.30. The number of nitrogens with zero attached hydrogens (tertiary/aromatic N) is 2. The lowest BCUT2D eigenvalue weighted by atomic mass is 9.80. The van der Waals surface area contributed by atoms with Crippen molar-refractivity contribution in [2.45, 2.75) is 39.2 Å². The van der Waals surface area contributed by atoms with Gasteiger partial charge >= 0.3 is 0 Å². The molecule has 124 valence electrons. The second kappa shape index (κ2) is 7.41. The van der Waals surface area contributed by atoms with Crippen molar-refractivity contribution in [2.24, 2.45) is 16.8 Å². The molecule has 1 aromatic carbocycles. The van der Waals surface area contributed by atoms with Crippen LogP contribution in [-0.4, -0.2) is 24.2 Å². The van der Waals surface area contributed by atoms with E-state index in [4.69, 9.17) is 4.74 Å². The molecule has 4 nitrogen and oxygen atoms in total. The minimum absolute atomic E-state index is 0.0509. The Balaban J connectivity index is 1.98. The van der Waals surface area contributed by atoms with Gasteiger partial charge in [-0.1, -0.05) is 43.2 Å². The third-order valence-corrected chi connectivity index (χ3v) is 5.80. The number of amides is 1. The fourth-order valence-electron chi connectivity index (χ4n) is 3.37. The molecule has 0 N–H and O–H groups in total. The Morgan fingerprint density at radius 3 is 2.91 bits per heavy atom. The van der Waals surface area contributed by atoms with Crippen LogP contribution in [0.25, 0.3) is 10.2 Å². The molecule has 3 rings (SSSR count). The number of thiazole rings is 1.